The summed E-state index contributed by atoms with van der Waals surface area (Å²) in [4.78, 5) is 4.23. The van der Waals surface area contributed by atoms with Crippen molar-refractivity contribution in [2.24, 2.45) is 0 Å². The highest BCUT2D eigenvalue weighted by Gasteiger charge is 2.26. The van der Waals surface area contributed by atoms with Crippen molar-refractivity contribution < 1.29 is 8.42 Å². The molecule has 7 heteroatoms. The second-order valence-corrected chi connectivity index (χ2v) is 7.26. The first-order valence-corrected chi connectivity index (χ1v) is 8.43. The van der Waals surface area contributed by atoms with Crippen LogP contribution in [-0.2, 0) is 10.2 Å². The van der Waals surface area contributed by atoms with Crippen LogP contribution in [0.2, 0.25) is 0 Å². The van der Waals surface area contributed by atoms with E-state index in [0.717, 1.165) is 19.6 Å². The zero-order valence-electron chi connectivity index (χ0n) is 12.4. The number of rotatable bonds is 4. The molecule has 1 N–H and O–H groups in total. The van der Waals surface area contributed by atoms with Gasteiger partial charge >= 0.3 is 10.2 Å². The summed E-state index contributed by atoms with van der Waals surface area (Å²) in [7, 11) is -1.44. The van der Waals surface area contributed by atoms with Crippen molar-refractivity contribution in [3.05, 3.63) is 24.0 Å². The number of hydrogen-bond donors (Lipinski definition) is 1. The average molecular weight is 300 g/mol. The lowest BCUT2D eigenvalue weighted by Gasteiger charge is -2.32. The van der Waals surface area contributed by atoms with Crippen LogP contribution < -0.4 is 4.72 Å². The maximum absolute atomic E-state index is 12.3. The molecule has 0 unspecified atom stereocenters. The van der Waals surface area contributed by atoms with Crippen LogP contribution in [0.4, 0.5) is 0 Å². The molecular weight excluding hydrogens is 276 g/mol. The average Bonchev–Trinajstić information content (AvgIpc) is 2.39. The Kier molecular flexibility index (Phi) is 4.72. The molecule has 0 amide bonds. The quantitative estimate of drug-likeness (QED) is 0.805. The smallest absolute Gasteiger partial charge is 0.301 e. The molecule has 2 heterocycles. The predicted molar refractivity (Wildman–Crippen MR) is 80.2 cm³/mol. The fourth-order valence-corrected chi connectivity index (χ4v) is 3.43. The van der Waals surface area contributed by atoms with Crippen LogP contribution in [0.3, 0.4) is 0 Å². The van der Waals surface area contributed by atoms with E-state index in [4.69, 9.17) is 0 Å². The number of hydrogen-bond acceptors (Lipinski definition) is 4. The second-order valence-electron chi connectivity index (χ2n) is 5.59. The lowest BCUT2D eigenvalue weighted by Crippen LogP contribution is -2.50. The van der Waals surface area contributed by atoms with Gasteiger partial charge in [-0.05, 0) is 27.0 Å². The fourth-order valence-electron chi connectivity index (χ4n) is 2.24. The zero-order chi connectivity index (χ0) is 14.8. The fraction of sp³-hybridized carbons (Fsp3) is 0.692. The highest BCUT2D eigenvalue weighted by atomic mass is 32.2. The molecule has 0 radical (unpaired) electrons. The van der Waals surface area contributed by atoms with Crippen LogP contribution in [0.5, 0.6) is 0 Å². The Morgan fingerprint density at radius 1 is 1.20 bits per heavy atom. The Bertz CT molecular complexity index is 491. The van der Waals surface area contributed by atoms with E-state index in [0.29, 0.717) is 24.8 Å². The van der Waals surface area contributed by atoms with Crippen LogP contribution in [0.15, 0.2) is 24.0 Å². The van der Waals surface area contributed by atoms with Gasteiger partial charge in [0, 0.05) is 45.0 Å². The molecule has 0 bridgehead atoms. The Morgan fingerprint density at radius 2 is 1.85 bits per heavy atom. The van der Waals surface area contributed by atoms with E-state index < -0.39 is 10.2 Å². The lowest BCUT2D eigenvalue weighted by molar-refractivity contribution is 0.221. The zero-order valence-corrected chi connectivity index (χ0v) is 13.2. The molecule has 0 atom stereocenters. The Hall–Kier alpha value is -1.05. The van der Waals surface area contributed by atoms with Gasteiger partial charge in [0.15, 0.2) is 0 Å². The Morgan fingerprint density at radius 3 is 2.45 bits per heavy atom. The Balaban J connectivity index is 2.03. The number of nitrogens with one attached hydrogen (secondary N) is 1. The van der Waals surface area contributed by atoms with E-state index in [2.05, 4.69) is 28.4 Å². The van der Waals surface area contributed by atoms with Crippen LogP contribution in [0.25, 0.3) is 0 Å². The lowest BCUT2D eigenvalue weighted by atomic mass is 10.2. The van der Waals surface area contributed by atoms with Gasteiger partial charge in [-0.2, -0.15) is 12.7 Å². The minimum atomic E-state index is -3.45. The molecule has 114 valence electrons. The van der Waals surface area contributed by atoms with Crippen molar-refractivity contribution in [2.75, 3.05) is 39.8 Å². The van der Waals surface area contributed by atoms with E-state index in [9.17, 15) is 8.42 Å². The van der Waals surface area contributed by atoms with E-state index in [-0.39, 0.29) is 0 Å². The molecule has 0 aromatic carbocycles. The van der Waals surface area contributed by atoms with Crippen molar-refractivity contribution in [3.8, 4) is 0 Å². The maximum Gasteiger partial charge on any atom is 0.301 e. The SMILES string of the molecule is CC(C)N1C=C(NS(=O)(=O)N2CCN(C)CC2)C=CC1. The largest absolute Gasteiger partial charge is 0.370 e. The molecule has 2 aliphatic rings. The van der Waals surface area contributed by atoms with Crippen LogP contribution in [-0.4, -0.2) is 68.3 Å². The minimum absolute atomic E-state index is 0.350. The van der Waals surface area contributed by atoms with Crippen LogP contribution in [0, 0.1) is 0 Å². The number of piperazine rings is 1. The summed E-state index contributed by atoms with van der Waals surface area (Å²) in [6, 6.07) is 0.350. The van der Waals surface area contributed by atoms with Crippen molar-refractivity contribution in [1.29, 1.82) is 0 Å². The molecule has 2 aliphatic heterocycles. The molecule has 2 rings (SSSR count). The molecule has 0 aromatic heterocycles. The molecule has 0 spiro atoms. The standard InChI is InChI=1S/C13H24N4O2S/c1-12(2)16-6-4-5-13(11-16)14-20(18,19)17-9-7-15(3)8-10-17/h4-5,11-12,14H,6-10H2,1-3H3. The first-order valence-electron chi connectivity index (χ1n) is 6.99. The van der Waals surface area contributed by atoms with E-state index in [1.54, 1.807) is 0 Å². The summed E-state index contributed by atoms with van der Waals surface area (Å²) >= 11 is 0. The summed E-state index contributed by atoms with van der Waals surface area (Å²) in [6.07, 6.45) is 5.67. The molecule has 20 heavy (non-hydrogen) atoms. The van der Waals surface area contributed by atoms with Gasteiger partial charge in [-0.15, -0.1) is 0 Å². The molecule has 6 nitrogen and oxygen atoms in total. The summed E-state index contributed by atoms with van der Waals surface area (Å²) in [5, 5.41) is 0. The van der Waals surface area contributed by atoms with Crippen molar-refractivity contribution in [3.63, 3.8) is 0 Å². The van der Waals surface area contributed by atoms with Gasteiger partial charge in [0.1, 0.15) is 0 Å². The van der Waals surface area contributed by atoms with Crippen molar-refractivity contribution in [2.45, 2.75) is 19.9 Å². The number of allylic oxidation sites excluding steroid dienone is 1. The predicted octanol–water partition coefficient (Wildman–Crippen LogP) is 0.190. The van der Waals surface area contributed by atoms with Gasteiger partial charge in [0.25, 0.3) is 0 Å². The minimum Gasteiger partial charge on any atom is -0.370 e. The Labute approximate surface area is 121 Å². The third-order valence-electron chi connectivity index (χ3n) is 3.63. The summed E-state index contributed by atoms with van der Waals surface area (Å²) < 4.78 is 28.9. The first kappa shape index (κ1) is 15.3. The van der Waals surface area contributed by atoms with Gasteiger partial charge in [-0.3, -0.25) is 4.72 Å². The van der Waals surface area contributed by atoms with E-state index in [1.807, 2.05) is 25.4 Å². The summed E-state index contributed by atoms with van der Waals surface area (Å²) in [5.74, 6) is 0. The number of nitrogens with zero attached hydrogens (tertiary/aromatic N) is 3. The summed E-state index contributed by atoms with van der Waals surface area (Å²) in [6.45, 7) is 7.61. The number of likely N-dealkylation sites (N-methyl/N-ethyl adjacent to an activating group) is 1. The van der Waals surface area contributed by atoms with Gasteiger partial charge in [-0.1, -0.05) is 6.08 Å². The van der Waals surface area contributed by atoms with Crippen molar-refractivity contribution in [1.82, 2.24) is 18.8 Å². The highest BCUT2D eigenvalue weighted by Crippen LogP contribution is 2.12. The molecule has 0 aromatic rings. The molecule has 1 saturated heterocycles. The summed E-state index contributed by atoms with van der Waals surface area (Å²) in [5.41, 5.74) is 0.629. The molecular formula is C13H24N4O2S. The van der Waals surface area contributed by atoms with Gasteiger partial charge < -0.3 is 9.80 Å². The third-order valence-corrected chi connectivity index (χ3v) is 5.17. The van der Waals surface area contributed by atoms with Gasteiger partial charge in [0.2, 0.25) is 0 Å². The van der Waals surface area contributed by atoms with Crippen LogP contribution in [0.1, 0.15) is 13.8 Å². The highest BCUT2D eigenvalue weighted by molar-refractivity contribution is 7.87. The molecule has 1 fully saturated rings. The second kappa shape index (κ2) is 6.15. The van der Waals surface area contributed by atoms with Gasteiger partial charge in [0.05, 0.1) is 5.70 Å². The van der Waals surface area contributed by atoms with E-state index >= 15 is 0 Å². The maximum atomic E-state index is 12.3. The third kappa shape index (κ3) is 3.74. The molecule has 0 saturated carbocycles. The van der Waals surface area contributed by atoms with Crippen molar-refractivity contribution >= 4 is 10.2 Å². The topological polar surface area (TPSA) is 55.9 Å². The first-order chi connectivity index (χ1) is 9.38. The van der Waals surface area contributed by atoms with Gasteiger partial charge in [-0.25, -0.2) is 0 Å². The monoisotopic (exact) mass is 300 g/mol. The normalized spacial score (nSPS) is 22.2. The van der Waals surface area contributed by atoms with E-state index in [1.165, 1.54) is 4.31 Å². The molecule has 0 aliphatic carbocycles. The van der Waals surface area contributed by atoms with Crippen LogP contribution >= 0.6 is 0 Å².